The Kier molecular flexibility index (Phi) is 5.51. The maximum atomic E-state index is 12.6. The number of hydrogen-bond donors (Lipinski definition) is 1. The van der Waals surface area contributed by atoms with Crippen LogP contribution < -0.4 is 14.2 Å². The molecule has 0 aliphatic carbocycles. The summed E-state index contributed by atoms with van der Waals surface area (Å²) in [7, 11) is -2.09. The second-order valence-electron chi connectivity index (χ2n) is 5.99. The SMILES string of the molecule is CCOc1ccccc1CN=C1NS(=O)(=O)C(c2ccc(OC)cc2)=C1C. The Bertz CT molecular complexity index is 993. The summed E-state index contributed by atoms with van der Waals surface area (Å²) in [5.74, 6) is 1.77. The predicted molar refractivity (Wildman–Crippen MR) is 106 cm³/mol. The van der Waals surface area contributed by atoms with Crippen LogP contribution in [-0.4, -0.2) is 28.0 Å². The molecule has 0 atom stereocenters. The van der Waals surface area contributed by atoms with Crippen LogP contribution in [0.4, 0.5) is 0 Å². The highest BCUT2D eigenvalue weighted by molar-refractivity contribution is 8.00. The number of para-hydroxylation sites is 1. The van der Waals surface area contributed by atoms with Gasteiger partial charge < -0.3 is 9.47 Å². The van der Waals surface area contributed by atoms with Gasteiger partial charge in [0.25, 0.3) is 10.0 Å². The van der Waals surface area contributed by atoms with E-state index < -0.39 is 10.0 Å². The summed E-state index contributed by atoms with van der Waals surface area (Å²) in [6.45, 7) is 4.55. The lowest BCUT2D eigenvalue weighted by Crippen LogP contribution is -2.23. The van der Waals surface area contributed by atoms with Crippen LogP contribution in [0.25, 0.3) is 4.91 Å². The predicted octanol–water partition coefficient (Wildman–Crippen LogP) is 3.36. The van der Waals surface area contributed by atoms with E-state index in [1.807, 2.05) is 31.2 Å². The molecule has 3 rings (SSSR count). The van der Waals surface area contributed by atoms with Crippen LogP contribution in [0.15, 0.2) is 59.1 Å². The maximum absolute atomic E-state index is 12.6. The molecule has 0 saturated carbocycles. The molecule has 0 bridgehead atoms. The van der Waals surface area contributed by atoms with Crippen molar-refractivity contribution in [1.29, 1.82) is 0 Å². The molecule has 2 aromatic carbocycles. The molecule has 1 aliphatic rings. The topological polar surface area (TPSA) is 77.0 Å². The van der Waals surface area contributed by atoms with E-state index in [1.54, 1.807) is 38.3 Å². The first kappa shape index (κ1) is 19.0. The minimum Gasteiger partial charge on any atom is -0.497 e. The fourth-order valence-corrected chi connectivity index (χ4v) is 4.44. The first-order valence-electron chi connectivity index (χ1n) is 8.60. The van der Waals surface area contributed by atoms with E-state index in [0.717, 1.165) is 11.3 Å². The quantitative estimate of drug-likeness (QED) is 0.826. The van der Waals surface area contributed by atoms with Crippen molar-refractivity contribution in [1.82, 2.24) is 4.72 Å². The zero-order valence-corrected chi connectivity index (χ0v) is 16.3. The average molecular weight is 386 g/mol. The van der Waals surface area contributed by atoms with Gasteiger partial charge >= 0.3 is 0 Å². The van der Waals surface area contributed by atoms with Gasteiger partial charge in [-0.3, -0.25) is 9.71 Å². The summed E-state index contributed by atoms with van der Waals surface area (Å²) in [5, 5.41) is 0. The van der Waals surface area contributed by atoms with E-state index in [-0.39, 0.29) is 4.91 Å². The van der Waals surface area contributed by atoms with Gasteiger partial charge in [0.2, 0.25) is 0 Å². The van der Waals surface area contributed by atoms with E-state index in [0.29, 0.717) is 35.9 Å². The van der Waals surface area contributed by atoms with Crippen molar-refractivity contribution in [2.24, 2.45) is 4.99 Å². The number of sulfonamides is 1. The Balaban J connectivity index is 1.93. The Morgan fingerprint density at radius 3 is 2.44 bits per heavy atom. The summed E-state index contributed by atoms with van der Waals surface area (Å²) in [6, 6.07) is 14.5. The van der Waals surface area contributed by atoms with Gasteiger partial charge in [-0.05, 0) is 49.7 Å². The smallest absolute Gasteiger partial charge is 0.264 e. The molecule has 0 unspecified atom stereocenters. The van der Waals surface area contributed by atoms with Crippen LogP contribution in [0.5, 0.6) is 11.5 Å². The standard InChI is InChI=1S/C20H22N2O4S/c1-4-26-18-8-6-5-7-16(18)13-21-20-14(2)19(27(23,24)22-20)15-9-11-17(25-3)12-10-15/h5-12H,4,13H2,1-3H3,(H,21,22). The molecular weight excluding hydrogens is 364 g/mol. The van der Waals surface area contributed by atoms with E-state index in [4.69, 9.17) is 9.47 Å². The van der Waals surface area contributed by atoms with E-state index >= 15 is 0 Å². The van der Waals surface area contributed by atoms with Crippen LogP contribution in [-0.2, 0) is 16.6 Å². The number of methoxy groups -OCH3 is 1. The molecular formula is C20H22N2O4S. The van der Waals surface area contributed by atoms with Gasteiger partial charge in [-0.1, -0.05) is 18.2 Å². The third kappa shape index (κ3) is 3.98. The highest BCUT2D eigenvalue weighted by Gasteiger charge is 2.32. The number of rotatable bonds is 6. The Morgan fingerprint density at radius 2 is 1.78 bits per heavy atom. The monoisotopic (exact) mass is 386 g/mol. The van der Waals surface area contributed by atoms with Crippen molar-refractivity contribution in [3.63, 3.8) is 0 Å². The molecule has 0 fully saturated rings. The second kappa shape index (κ2) is 7.84. The lowest BCUT2D eigenvalue weighted by molar-refractivity contribution is 0.336. The maximum Gasteiger partial charge on any atom is 0.264 e. The molecule has 0 amide bonds. The zero-order chi connectivity index (χ0) is 19.4. The largest absolute Gasteiger partial charge is 0.497 e. The number of benzene rings is 2. The molecule has 7 heteroatoms. The summed E-state index contributed by atoms with van der Waals surface area (Å²) >= 11 is 0. The van der Waals surface area contributed by atoms with Gasteiger partial charge in [0.05, 0.1) is 20.3 Å². The van der Waals surface area contributed by atoms with Crippen molar-refractivity contribution in [3.8, 4) is 11.5 Å². The Hall–Kier alpha value is -2.80. The summed E-state index contributed by atoms with van der Waals surface area (Å²) < 4.78 is 38.5. The summed E-state index contributed by atoms with van der Waals surface area (Å²) in [6.07, 6.45) is 0. The van der Waals surface area contributed by atoms with E-state index in [1.165, 1.54) is 0 Å². The zero-order valence-electron chi connectivity index (χ0n) is 15.5. The van der Waals surface area contributed by atoms with Crippen molar-refractivity contribution in [2.75, 3.05) is 13.7 Å². The average Bonchev–Trinajstić information content (AvgIpc) is 2.89. The third-order valence-corrected chi connectivity index (χ3v) is 5.77. The van der Waals surface area contributed by atoms with Crippen LogP contribution >= 0.6 is 0 Å². The third-order valence-electron chi connectivity index (χ3n) is 4.23. The van der Waals surface area contributed by atoms with Crippen molar-refractivity contribution in [3.05, 3.63) is 65.2 Å². The first-order chi connectivity index (χ1) is 13.0. The summed E-state index contributed by atoms with van der Waals surface area (Å²) in [5.41, 5.74) is 2.09. The number of ether oxygens (including phenoxy) is 2. The number of nitrogens with zero attached hydrogens (tertiary/aromatic N) is 1. The second-order valence-corrected chi connectivity index (χ2v) is 7.61. The van der Waals surface area contributed by atoms with Gasteiger partial charge in [0, 0.05) is 11.1 Å². The number of aliphatic imine (C=N–C) groups is 1. The fraction of sp³-hybridized carbons (Fsp3) is 0.250. The van der Waals surface area contributed by atoms with Gasteiger partial charge in [-0.2, -0.15) is 0 Å². The fourth-order valence-electron chi connectivity index (χ4n) is 2.92. The molecule has 2 aromatic rings. The molecule has 1 heterocycles. The Morgan fingerprint density at radius 1 is 1.07 bits per heavy atom. The van der Waals surface area contributed by atoms with Crippen LogP contribution in [0.2, 0.25) is 0 Å². The van der Waals surface area contributed by atoms with Crippen molar-refractivity contribution in [2.45, 2.75) is 20.4 Å². The molecule has 0 saturated heterocycles. The molecule has 0 radical (unpaired) electrons. The van der Waals surface area contributed by atoms with Crippen molar-refractivity contribution < 1.29 is 17.9 Å². The van der Waals surface area contributed by atoms with Crippen LogP contribution in [0.3, 0.4) is 0 Å². The minimum atomic E-state index is -3.66. The first-order valence-corrected chi connectivity index (χ1v) is 10.1. The molecule has 1 N–H and O–H groups in total. The van der Waals surface area contributed by atoms with E-state index in [9.17, 15) is 8.42 Å². The van der Waals surface area contributed by atoms with Gasteiger partial charge in [0.1, 0.15) is 22.2 Å². The normalized spacial score (nSPS) is 17.1. The molecule has 0 spiro atoms. The minimum absolute atomic E-state index is 0.238. The molecule has 27 heavy (non-hydrogen) atoms. The van der Waals surface area contributed by atoms with Gasteiger partial charge in [0.15, 0.2) is 0 Å². The highest BCUT2D eigenvalue weighted by atomic mass is 32.2. The lowest BCUT2D eigenvalue weighted by Gasteiger charge is -2.08. The number of nitrogens with one attached hydrogen (secondary N) is 1. The van der Waals surface area contributed by atoms with Gasteiger partial charge in [-0.15, -0.1) is 0 Å². The Labute approximate surface area is 159 Å². The van der Waals surface area contributed by atoms with E-state index in [2.05, 4.69) is 9.71 Å². The molecule has 6 nitrogen and oxygen atoms in total. The summed E-state index contributed by atoms with van der Waals surface area (Å²) in [4.78, 5) is 4.72. The molecule has 142 valence electrons. The van der Waals surface area contributed by atoms with Gasteiger partial charge in [-0.25, -0.2) is 8.42 Å². The number of amidine groups is 1. The number of hydrogen-bond acceptors (Lipinski definition) is 5. The van der Waals surface area contributed by atoms with Crippen molar-refractivity contribution >= 4 is 20.8 Å². The molecule has 1 aliphatic heterocycles. The highest BCUT2D eigenvalue weighted by Crippen LogP contribution is 2.31. The van der Waals surface area contributed by atoms with Crippen LogP contribution in [0, 0.1) is 0 Å². The van der Waals surface area contributed by atoms with Crippen LogP contribution in [0.1, 0.15) is 25.0 Å². The molecule has 0 aromatic heterocycles. The lowest BCUT2D eigenvalue weighted by atomic mass is 10.1.